The van der Waals surface area contributed by atoms with Crippen LogP contribution in [0.15, 0.2) is 34.9 Å². The quantitative estimate of drug-likeness (QED) is 0.777. The van der Waals surface area contributed by atoms with E-state index in [1.807, 2.05) is 13.0 Å². The second kappa shape index (κ2) is 4.47. The predicted molar refractivity (Wildman–Crippen MR) is 72.2 cm³/mol. The number of hydrogen-bond donors (Lipinski definition) is 1. The number of thiophene rings is 1. The zero-order valence-electron chi connectivity index (χ0n) is 10.1. The van der Waals surface area contributed by atoms with Gasteiger partial charge in [-0.2, -0.15) is 4.98 Å². The van der Waals surface area contributed by atoms with Crippen molar-refractivity contribution in [2.45, 2.75) is 6.92 Å². The van der Waals surface area contributed by atoms with Crippen LogP contribution < -0.4 is 5.73 Å². The van der Waals surface area contributed by atoms with E-state index in [4.69, 9.17) is 10.3 Å². The van der Waals surface area contributed by atoms with Gasteiger partial charge in [-0.3, -0.25) is 0 Å². The minimum absolute atomic E-state index is 0.327. The molecule has 0 aliphatic carbocycles. The van der Waals surface area contributed by atoms with Crippen molar-refractivity contribution >= 4 is 16.3 Å². The number of aromatic nitrogens is 2. The molecule has 0 atom stereocenters. The van der Waals surface area contributed by atoms with E-state index in [2.05, 4.69) is 10.1 Å². The molecular weight excluding hydrogens is 265 g/mol. The highest BCUT2D eigenvalue weighted by Crippen LogP contribution is 2.30. The van der Waals surface area contributed by atoms with Gasteiger partial charge in [0.05, 0.1) is 9.88 Å². The molecule has 0 radical (unpaired) electrons. The molecule has 96 valence electrons. The minimum Gasteiger partial charge on any atom is -0.391 e. The van der Waals surface area contributed by atoms with Crippen molar-refractivity contribution in [3.05, 3.63) is 41.7 Å². The first-order valence-electron chi connectivity index (χ1n) is 5.59. The van der Waals surface area contributed by atoms with Crippen LogP contribution in [-0.4, -0.2) is 10.1 Å². The van der Waals surface area contributed by atoms with E-state index in [9.17, 15) is 4.39 Å². The Morgan fingerprint density at radius 3 is 2.84 bits per heavy atom. The lowest BCUT2D eigenvalue weighted by atomic mass is 10.1. The molecule has 6 heteroatoms. The van der Waals surface area contributed by atoms with E-state index in [0.29, 0.717) is 22.3 Å². The monoisotopic (exact) mass is 275 g/mol. The minimum atomic E-state index is -0.327. The number of rotatable bonds is 2. The van der Waals surface area contributed by atoms with Crippen LogP contribution in [0.2, 0.25) is 0 Å². The molecule has 2 N–H and O–H groups in total. The molecule has 3 aromatic rings. The van der Waals surface area contributed by atoms with Gasteiger partial charge >= 0.3 is 0 Å². The third kappa shape index (κ3) is 2.22. The largest absolute Gasteiger partial charge is 0.391 e. The summed E-state index contributed by atoms with van der Waals surface area (Å²) >= 11 is 1.36. The highest BCUT2D eigenvalue weighted by molar-refractivity contribution is 7.19. The molecule has 0 spiro atoms. The molecule has 0 fully saturated rings. The Bertz CT molecular complexity index is 735. The van der Waals surface area contributed by atoms with Gasteiger partial charge in [-0.25, -0.2) is 4.39 Å². The summed E-state index contributed by atoms with van der Waals surface area (Å²) in [6.07, 6.45) is 0. The Labute approximate surface area is 112 Å². The average molecular weight is 275 g/mol. The summed E-state index contributed by atoms with van der Waals surface area (Å²) in [5.74, 6) is 0.437. The van der Waals surface area contributed by atoms with Crippen LogP contribution in [0, 0.1) is 12.7 Å². The first kappa shape index (κ1) is 11.9. The number of nitrogens with two attached hydrogens (primary N) is 1. The fourth-order valence-electron chi connectivity index (χ4n) is 1.74. The lowest BCUT2D eigenvalue weighted by Gasteiger charge is -1.99. The zero-order chi connectivity index (χ0) is 13.4. The number of aryl methyl sites for hydroxylation is 1. The fraction of sp³-hybridized carbons (Fsp3) is 0.0769. The molecule has 0 saturated carbocycles. The SMILES string of the molecule is Cc1ccc(F)cc1-c1noc(-c2ccc(N)s2)n1. The van der Waals surface area contributed by atoms with Crippen molar-refractivity contribution in [3.8, 4) is 22.2 Å². The Hall–Kier alpha value is -2.21. The normalized spacial score (nSPS) is 10.8. The fourth-order valence-corrected chi connectivity index (χ4v) is 2.43. The Morgan fingerprint density at radius 2 is 2.11 bits per heavy atom. The molecule has 3 rings (SSSR count). The van der Waals surface area contributed by atoms with Crippen molar-refractivity contribution in [1.29, 1.82) is 0 Å². The smallest absolute Gasteiger partial charge is 0.268 e. The first-order valence-corrected chi connectivity index (χ1v) is 6.41. The number of hydrogen-bond acceptors (Lipinski definition) is 5. The second-order valence-corrected chi connectivity index (χ2v) is 5.20. The predicted octanol–water partition coefficient (Wildman–Crippen LogP) is 3.49. The van der Waals surface area contributed by atoms with Gasteiger partial charge in [0.25, 0.3) is 5.89 Å². The third-order valence-electron chi connectivity index (χ3n) is 2.70. The van der Waals surface area contributed by atoms with Crippen LogP contribution >= 0.6 is 11.3 Å². The Kier molecular flexibility index (Phi) is 2.79. The van der Waals surface area contributed by atoms with Crippen molar-refractivity contribution in [1.82, 2.24) is 10.1 Å². The van der Waals surface area contributed by atoms with E-state index < -0.39 is 0 Å². The number of halogens is 1. The van der Waals surface area contributed by atoms with Gasteiger partial charge in [0.2, 0.25) is 5.82 Å². The zero-order valence-corrected chi connectivity index (χ0v) is 10.9. The first-order chi connectivity index (χ1) is 9.13. The average Bonchev–Trinajstić information content (AvgIpc) is 3.00. The molecule has 0 aliphatic rings. The standard InChI is InChI=1S/C13H10FN3OS/c1-7-2-3-8(14)6-9(7)12-16-13(18-17-12)10-4-5-11(15)19-10/h2-6H,15H2,1H3. The van der Waals surface area contributed by atoms with Crippen LogP contribution in [0.25, 0.3) is 22.2 Å². The molecule has 0 amide bonds. The van der Waals surface area contributed by atoms with Gasteiger partial charge in [0.15, 0.2) is 0 Å². The molecule has 0 aliphatic heterocycles. The Balaban J connectivity index is 2.03. The summed E-state index contributed by atoms with van der Waals surface area (Å²) in [5, 5.41) is 4.56. The summed E-state index contributed by atoms with van der Waals surface area (Å²) < 4.78 is 18.4. The summed E-state index contributed by atoms with van der Waals surface area (Å²) in [5.41, 5.74) is 7.17. The summed E-state index contributed by atoms with van der Waals surface area (Å²) in [6.45, 7) is 1.87. The van der Waals surface area contributed by atoms with Gasteiger partial charge in [0.1, 0.15) is 5.82 Å². The summed E-state index contributed by atoms with van der Waals surface area (Å²) in [4.78, 5) is 5.07. The van der Waals surface area contributed by atoms with Crippen molar-refractivity contribution in [3.63, 3.8) is 0 Å². The van der Waals surface area contributed by atoms with Gasteiger partial charge in [-0.1, -0.05) is 11.2 Å². The highest BCUT2D eigenvalue weighted by atomic mass is 32.1. The number of benzene rings is 1. The van der Waals surface area contributed by atoms with E-state index in [-0.39, 0.29) is 5.82 Å². The van der Waals surface area contributed by atoms with E-state index in [1.165, 1.54) is 23.5 Å². The number of nitrogens with zero attached hydrogens (tertiary/aromatic N) is 2. The van der Waals surface area contributed by atoms with Crippen LogP contribution in [0.1, 0.15) is 5.56 Å². The maximum absolute atomic E-state index is 13.3. The highest BCUT2D eigenvalue weighted by Gasteiger charge is 2.14. The maximum Gasteiger partial charge on any atom is 0.268 e. The van der Waals surface area contributed by atoms with Crippen LogP contribution in [0.5, 0.6) is 0 Å². The van der Waals surface area contributed by atoms with E-state index in [0.717, 1.165) is 10.4 Å². The lowest BCUT2D eigenvalue weighted by molar-refractivity contribution is 0.433. The topological polar surface area (TPSA) is 64.9 Å². The summed E-state index contributed by atoms with van der Waals surface area (Å²) in [7, 11) is 0. The molecule has 2 heterocycles. The van der Waals surface area contributed by atoms with Crippen LogP contribution in [-0.2, 0) is 0 Å². The van der Waals surface area contributed by atoms with E-state index >= 15 is 0 Å². The van der Waals surface area contributed by atoms with Crippen LogP contribution in [0.3, 0.4) is 0 Å². The van der Waals surface area contributed by atoms with Crippen LogP contribution in [0.4, 0.5) is 9.39 Å². The van der Waals surface area contributed by atoms with Gasteiger partial charge in [0, 0.05) is 5.56 Å². The maximum atomic E-state index is 13.3. The number of anilines is 1. The molecule has 4 nitrogen and oxygen atoms in total. The second-order valence-electron chi connectivity index (χ2n) is 4.08. The van der Waals surface area contributed by atoms with E-state index in [1.54, 1.807) is 12.1 Å². The Morgan fingerprint density at radius 1 is 1.26 bits per heavy atom. The van der Waals surface area contributed by atoms with Gasteiger partial charge in [-0.05, 0) is 36.8 Å². The van der Waals surface area contributed by atoms with Gasteiger partial charge in [-0.15, -0.1) is 11.3 Å². The molecule has 1 aromatic carbocycles. The lowest BCUT2D eigenvalue weighted by Crippen LogP contribution is -1.87. The molecular formula is C13H10FN3OS. The molecule has 2 aromatic heterocycles. The van der Waals surface area contributed by atoms with Crippen molar-refractivity contribution < 1.29 is 8.91 Å². The molecule has 0 unspecified atom stereocenters. The van der Waals surface area contributed by atoms with Crippen molar-refractivity contribution in [2.75, 3.05) is 5.73 Å². The number of nitrogen functional groups attached to an aromatic ring is 1. The van der Waals surface area contributed by atoms with Gasteiger partial charge < -0.3 is 10.3 Å². The van der Waals surface area contributed by atoms with Crippen molar-refractivity contribution in [2.24, 2.45) is 0 Å². The molecule has 0 saturated heterocycles. The molecule has 0 bridgehead atoms. The summed E-state index contributed by atoms with van der Waals surface area (Å²) in [6, 6.07) is 8.07. The third-order valence-corrected chi connectivity index (χ3v) is 3.61. The molecule has 19 heavy (non-hydrogen) atoms.